The van der Waals surface area contributed by atoms with Crippen molar-refractivity contribution < 1.29 is 28.0 Å². The summed E-state index contributed by atoms with van der Waals surface area (Å²) < 4.78 is 38.1. The van der Waals surface area contributed by atoms with Gasteiger partial charge in [-0.25, -0.2) is 28.0 Å². The van der Waals surface area contributed by atoms with Crippen LogP contribution in [0.4, 0.5) is 0 Å². The summed E-state index contributed by atoms with van der Waals surface area (Å²) in [5.41, 5.74) is -0.478. The Morgan fingerprint density at radius 3 is 1.08 bits per heavy atom. The Bertz CT molecular complexity index is 1920. The van der Waals surface area contributed by atoms with Gasteiger partial charge >= 0.3 is 0 Å². The van der Waals surface area contributed by atoms with Gasteiger partial charge in [0.25, 0.3) is 0 Å². The molecule has 7 atom stereocenters. The van der Waals surface area contributed by atoms with Gasteiger partial charge in [0.05, 0.1) is 18.8 Å². The van der Waals surface area contributed by atoms with Gasteiger partial charge in [-0.2, -0.15) is 23.5 Å². The molecular formula is C67H139N6O6P3S6. The highest BCUT2D eigenvalue weighted by Gasteiger charge is 2.44. The van der Waals surface area contributed by atoms with Crippen molar-refractivity contribution in [2.24, 2.45) is 11.8 Å². The number of rotatable bonds is 48. The topological polar surface area (TPSA) is 98.3 Å². The van der Waals surface area contributed by atoms with Crippen molar-refractivity contribution >= 4 is 111 Å². The second kappa shape index (κ2) is 43.4. The minimum atomic E-state index is -1.30. The first-order chi connectivity index (χ1) is 40.3. The van der Waals surface area contributed by atoms with E-state index < -0.39 is 31.0 Å². The predicted octanol–water partition coefficient (Wildman–Crippen LogP) is 20.7. The summed E-state index contributed by atoms with van der Waals surface area (Å²) in [5, 5.41) is 0.776. The van der Waals surface area contributed by atoms with Crippen LogP contribution in [0, 0.1) is 11.8 Å². The summed E-state index contributed by atoms with van der Waals surface area (Å²) in [7, 11) is -3.53. The summed E-state index contributed by atoms with van der Waals surface area (Å²) in [4.78, 5) is 37.5. The van der Waals surface area contributed by atoms with E-state index in [1.54, 1.807) is 0 Å². The van der Waals surface area contributed by atoms with Crippen molar-refractivity contribution in [3.8, 4) is 0 Å². The number of nitrogens with zero attached hydrogens (tertiary/aromatic N) is 6. The molecule has 0 aliphatic carbocycles. The van der Waals surface area contributed by atoms with Gasteiger partial charge in [0.2, 0.25) is 0 Å². The first kappa shape index (κ1) is 90.0. The van der Waals surface area contributed by atoms with Gasteiger partial charge in [0, 0.05) is 140 Å². The highest BCUT2D eigenvalue weighted by atomic mass is 32.2. The molecule has 21 heteroatoms. The van der Waals surface area contributed by atoms with E-state index in [9.17, 15) is 14.4 Å². The van der Waals surface area contributed by atoms with E-state index in [0.717, 1.165) is 60.2 Å². The molecule has 0 N–H and O–H groups in total. The highest BCUT2D eigenvalue weighted by molar-refractivity contribution is 8.15. The highest BCUT2D eigenvalue weighted by Crippen LogP contribution is 2.57. The van der Waals surface area contributed by atoms with Gasteiger partial charge in [0.15, 0.2) is 40.7 Å². The molecule has 0 bridgehead atoms. The molecule has 0 radical (unpaired) electrons. The number of hydrogen-bond acceptors (Lipinski definition) is 18. The predicted molar refractivity (Wildman–Crippen MR) is 408 cm³/mol. The van der Waals surface area contributed by atoms with Crippen molar-refractivity contribution in [3.63, 3.8) is 0 Å². The first-order valence-corrected chi connectivity index (χ1v) is 43.1. The summed E-state index contributed by atoms with van der Waals surface area (Å²) in [5.74, 6) is 5.06. The zero-order chi connectivity index (χ0) is 68.6. The fourth-order valence-corrected chi connectivity index (χ4v) is 25.3. The fourth-order valence-electron chi connectivity index (χ4n) is 10.8. The minimum Gasteiger partial charge on any atom is -0.330 e. The zero-order valence-corrected chi connectivity index (χ0v) is 70.3. The normalized spacial score (nSPS) is 16.2. The van der Waals surface area contributed by atoms with Crippen LogP contribution in [-0.4, -0.2) is 183 Å². The summed E-state index contributed by atoms with van der Waals surface area (Å²) >= 11 is 10.1. The second-order valence-corrected chi connectivity index (χ2v) is 43.1. The average Bonchev–Trinajstić information content (AvgIpc) is 3.54. The molecule has 0 aliphatic rings. The maximum Gasteiger partial charge on any atom is 0.191 e. The van der Waals surface area contributed by atoms with Crippen LogP contribution >= 0.6 is 95.9 Å². The van der Waals surface area contributed by atoms with E-state index in [2.05, 4.69) is 222 Å². The Labute approximate surface area is 575 Å². The molecule has 0 heterocycles. The van der Waals surface area contributed by atoms with Crippen LogP contribution in [0.3, 0.4) is 0 Å². The van der Waals surface area contributed by atoms with E-state index in [0.29, 0.717) is 31.7 Å². The molecule has 88 heavy (non-hydrogen) atoms. The Kier molecular flexibility index (Phi) is 44.5. The van der Waals surface area contributed by atoms with Crippen LogP contribution in [-0.2, 0) is 28.0 Å². The van der Waals surface area contributed by atoms with Crippen LogP contribution in [0.25, 0.3) is 0 Å². The molecule has 0 aromatic heterocycles. The number of carbonyl (C=O) groups is 3. The van der Waals surface area contributed by atoms with Gasteiger partial charge in [-0.3, -0.25) is 14.4 Å². The smallest absolute Gasteiger partial charge is 0.191 e. The van der Waals surface area contributed by atoms with Gasteiger partial charge < -0.3 is 13.6 Å². The Balaban J connectivity index is 7.54. The Hall–Kier alpha value is 2.04. The Morgan fingerprint density at radius 1 is 0.398 bits per heavy atom. The van der Waals surface area contributed by atoms with E-state index in [1.165, 1.54) is 35.3 Å². The number of thioether (sulfide) groups is 6. The van der Waals surface area contributed by atoms with Crippen LogP contribution in [0.15, 0.2) is 0 Å². The Morgan fingerprint density at radius 2 is 0.739 bits per heavy atom. The third-order valence-corrected chi connectivity index (χ3v) is 32.8. The molecule has 0 spiro atoms. The monoisotopic (exact) mass is 1410 g/mol. The van der Waals surface area contributed by atoms with Crippen molar-refractivity contribution in [1.82, 2.24) is 28.0 Å². The zero-order valence-electron chi connectivity index (χ0n) is 62.7. The number of hydrogen-bond donors (Lipinski definition) is 0. The lowest BCUT2D eigenvalue weighted by Gasteiger charge is -2.50. The molecule has 12 nitrogen and oxygen atoms in total. The first-order valence-electron chi connectivity index (χ1n) is 33.7. The van der Waals surface area contributed by atoms with E-state index in [-0.39, 0.29) is 102 Å². The lowest BCUT2D eigenvalue weighted by molar-refractivity contribution is -0.114. The summed E-state index contributed by atoms with van der Waals surface area (Å²) in [6.45, 7) is 76.6. The molecule has 0 aliphatic heterocycles. The molecule has 0 amide bonds. The fraction of sp³-hybridized carbons (Fsp3) is 0.955. The van der Waals surface area contributed by atoms with Crippen molar-refractivity contribution in [2.45, 2.75) is 353 Å². The molecule has 0 saturated heterocycles. The van der Waals surface area contributed by atoms with Crippen LogP contribution < -0.4 is 0 Å². The molecule has 0 fully saturated rings. The standard InChI is InChI=1S/C67H139N6O6P3S6/c1-34-61(74)84-42-41-83-40-39-77-80(68(49(6)7)50(8)9)70(53(14)15)57(22)35-37-59(24)72(55(18)19)82(79-64(26,27)44-87-66(30,31)45-85-62(75)47(2)3)73(56(20)21)60(25)38-36-58(23)71(54(16)17)81(69(51(10)11)52(12)13)78-43-65(28,29)88-67(32,33)46-86-63(76)48(4)5/h47-60H,34-46H2,1-33H3. The molecule has 0 rings (SSSR count). The lowest BCUT2D eigenvalue weighted by atomic mass is 10.1. The largest absolute Gasteiger partial charge is 0.330 e. The second-order valence-electron chi connectivity index (χ2n) is 29.7. The minimum absolute atomic E-state index is 0.0124. The maximum atomic E-state index is 12.8. The molecule has 0 aromatic carbocycles. The third kappa shape index (κ3) is 34.0. The SMILES string of the molecule is CCC(=O)SCCSCCOP(N(C(C)C)C(C)C)N(C(C)C)C(C)CCC(C)N(C(C)C)P(OC(C)(C)CSC(C)(C)CSC(=O)C(C)C)N(C(C)C)C(C)CCC(C)N(C(C)C)P(OCC(C)(C)SC(C)(C)CSC(=O)C(C)C)N(C(C)C)C(C)C. The van der Waals surface area contributed by atoms with Crippen molar-refractivity contribution in [3.05, 3.63) is 0 Å². The van der Waals surface area contributed by atoms with Gasteiger partial charge in [-0.15, -0.1) is 11.8 Å². The third-order valence-electron chi connectivity index (χ3n) is 14.7. The van der Waals surface area contributed by atoms with Crippen molar-refractivity contribution in [2.75, 3.05) is 47.7 Å². The van der Waals surface area contributed by atoms with E-state index in [1.807, 2.05) is 69.9 Å². The van der Waals surface area contributed by atoms with Crippen LogP contribution in [0.2, 0.25) is 0 Å². The molecule has 0 saturated carbocycles. The average molecular weight is 1410 g/mol. The van der Waals surface area contributed by atoms with Crippen LogP contribution in [0.5, 0.6) is 0 Å². The molecule has 7 unspecified atom stereocenters. The van der Waals surface area contributed by atoms with Gasteiger partial charge in [-0.1, -0.05) is 69.9 Å². The quantitative estimate of drug-likeness (QED) is 0.0426. The van der Waals surface area contributed by atoms with Crippen molar-refractivity contribution in [1.29, 1.82) is 0 Å². The summed E-state index contributed by atoms with van der Waals surface area (Å²) in [6.07, 6.45) is 4.58. The van der Waals surface area contributed by atoms with Gasteiger partial charge in [-0.05, 0) is 220 Å². The van der Waals surface area contributed by atoms with E-state index in [4.69, 9.17) is 13.6 Å². The lowest BCUT2D eigenvalue weighted by Crippen LogP contribution is -2.48. The maximum absolute atomic E-state index is 12.8. The van der Waals surface area contributed by atoms with Gasteiger partial charge in [0.1, 0.15) is 0 Å². The number of carbonyl (C=O) groups excluding carboxylic acids is 3. The molecule has 524 valence electrons. The molecular weight excluding hydrogens is 1270 g/mol. The van der Waals surface area contributed by atoms with Crippen LogP contribution in [0.1, 0.15) is 261 Å². The summed E-state index contributed by atoms with van der Waals surface area (Å²) in [6, 6.07) is 3.07. The van der Waals surface area contributed by atoms with E-state index >= 15 is 0 Å². The molecule has 0 aromatic rings.